The Morgan fingerprint density at radius 2 is 1.84 bits per heavy atom. The minimum atomic E-state index is -1.10. The van der Waals surface area contributed by atoms with Gasteiger partial charge in [0.1, 0.15) is 24.3 Å². The third kappa shape index (κ3) is 6.66. The van der Waals surface area contributed by atoms with E-state index in [4.69, 9.17) is 14.1 Å². The number of hydrogen-bond acceptors (Lipinski definition) is 8. The summed E-state index contributed by atoms with van der Waals surface area (Å²) in [6.45, 7) is 6.14. The van der Waals surface area contributed by atoms with Crippen LogP contribution in [-0.4, -0.2) is 83.3 Å². The first kappa shape index (κ1) is 30.6. The van der Waals surface area contributed by atoms with Crippen molar-refractivity contribution < 1.29 is 33.5 Å². The van der Waals surface area contributed by atoms with Gasteiger partial charge < -0.3 is 34.7 Å². The van der Waals surface area contributed by atoms with Gasteiger partial charge in [0.15, 0.2) is 0 Å². The first-order valence-electron chi connectivity index (χ1n) is 16.0. The van der Waals surface area contributed by atoms with Crippen molar-refractivity contribution >= 4 is 35.8 Å². The number of rotatable bonds is 8. The smallest absolute Gasteiger partial charge is 0.472 e. The van der Waals surface area contributed by atoms with E-state index in [-0.39, 0.29) is 36.8 Å². The third-order valence-corrected chi connectivity index (χ3v) is 9.48. The number of alkyl carbamates (subject to hydrolysis) is 1. The van der Waals surface area contributed by atoms with E-state index in [2.05, 4.69) is 15.6 Å². The molecule has 0 bridgehead atoms. The molecule has 0 spiro atoms. The van der Waals surface area contributed by atoms with Gasteiger partial charge in [-0.15, -0.1) is 0 Å². The summed E-state index contributed by atoms with van der Waals surface area (Å²) in [7, 11) is -1.10. The summed E-state index contributed by atoms with van der Waals surface area (Å²) in [6, 6.07) is 7.82. The number of hydrogen-bond donors (Lipinski definition) is 3. The summed E-state index contributed by atoms with van der Waals surface area (Å²) >= 11 is 0. The standard InChI is InChI=1S/C32H43BN4O7/c1-32(2,3)26(35-31(40)44-21-9-5-6-10-21)30(39)37-17-22(43-29-23-11-7-4-8-19(23)14-15-34-29)16-25(37)28(38)36-27-24(20-12-13-20)18-42-33(27)41/h4,7-8,11,14-15,20-22,24-27,41H,5-6,9-10,12-13,16-18H2,1-3H3,(H,35,40)(H,36,38)/t22-,24-,25+,26+,27+/m1/s1. The molecule has 0 unspecified atom stereocenters. The summed E-state index contributed by atoms with van der Waals surface area (Å²) in [6.07, 6.45) is 6.35. The van der Waals surface area contributed by atoms with Crippen molar-refractivity contribution in [2.24, 2.45) is 17.3 Å². The highest BCUT2D eigenvalue weighted by Crippen LogP contribution is 2.41. The lowest BCUT2D eigenvalue weighted by atomic mass is 9.73. The maximum Gasteiger partial charge on any atom is 0.478 e. The lowest BCUT2D eigenvalue weighted by Crippen LogP contribution is -2.59. The highest BCUT2D eigenvalue weighted by Gasteiger charge is 2.51. The minimum absolute atomic E-state index is 0.0285. The maximum atomic E-state index is 14.3. The predicted octanol–water partition coefficient (Wildman–Crippen LogP) is 3.23. The normalized spacial score (nSPS) is 26.5. The summed E-state index contributed by atoms with van der Waals surface area (Å²) in [5.74, 6) is -0.449. The van der Waals surface area contributed by atoms with Crippen molar-refractivity contribution in [1.29, 1.82) is 0 Å². The van der Waals surface area contributed by atoms with Gasteiger partial charge in [-0.2, -0.15) is 0 Å². The molecular formula is C32H43BN4O7. The lowest BCUT2D eigenvalue weighted by molar-refractivity contribution is -0.142. The number of fused-ring (bicyclic) bond motifs is 1. The molecule has 236 valence electrons. The van der Waals surface area contributed by atoms with Crippen LogP contribution in [0, 0.1) is 17.3 Å². The van der Waals surface area contributed by atoms with Gasteiger partial charge in [0.2, 0.25) is 17.7 Å². The van der Waals surface area contributed by atoms with Crippen molar-refractivity contribution in [3.63, 3.8) is 0 Å². The first-order valence-corrected chi connectivity index (χ1v) is 16.0. The zero-order valence-electron chi connectivity index (χ0n) is 25.7. The number of carbonyl (C=O) groups is 3. The molecule has 4 aliphatic rings. The second kappa shape index (κ2) is 12.6. The summed E-state index contributed by atoms with van der Waals surface area (Å²) < 4.78 is 17.5. The van der Waals surface area contributed by atoms with Gasteiger partial charge >= 0.3 is 13.2 Å². The second-order valence-electron chi connectivity index (χ2n) is 13.8. The molecule has 2 aromatic rings. The van der Waals surface area contributed by atoms with Crippen LogP contribution >= 0.6 is 0 Å². The van der Waals surface area contributed by atoms with Gasteiger partial charge in [0.05, 0.1) is 12.5 Å². The van der Waals surface area contributed by atoms with Crippen LogP contribution < -0.4 is 15.4 Å². The van der Waals surface area contributed by atoms with Crippen molar-refractivity contribution in [2.45, 2.75) is 95.9 Å². The van der Waals surface area contributed by atoms with Crippen molar-refractivity contribution in [3.8, 4) is 5.88 Å². The molecule has 4 fully saturated rings. The summed E-state index contributed by atoms with van der Waals surface area (Å²) in [5, 5.41) is 18.2. The van der Waals surface area contributed by atoms with Crippen LogP contribution in [0.2, 0.25) is 0 Å². The fraction of sp³-hybridized carbons (Fsp3) is 0.625. The molecular weight excluding hydrogens is 563 g/mol. The second-order valence-corrected chi connectivity index (χ2v) is 13.8. The van der Waals surface area contributed by atoms with E-state index in [1.165, 1.54) is 4.90 Å². The topological polar surface area (TPSA) is 139 Å². The molecule has 2 saturated heterocycles. The number of amides is 3. The summed E-state index contributed by atoms with van der Waals surface area (Å²) in [4.78, 5) is 47.1. The molecule has 44 heavy (non-hydrogen) atoms. The third-order valence-electron chi connectivity index (χ3n) is 9.48. The zero-order chi connectivity index (χ0) is 31.0. The molecule has 3 N–H and O–H groups in total. The molecule has 11 nitrogen and oxygen atoms in total. The van der Waals surface area contributed by atoms with Gasteiger partial charge in [-0.1, -0.05) is 39.0 Å². The molecule has 2 aliphatic heterocycles. The van der Waals surface area contributed by atoms with Gasteiger partial charge in [-0.05, 0) is 67.4 Å². The van der Waals surface area contributed by atoms with E-state index < -0.39 is 42.8 Å². The Labute approximate surface area is 258 Å². The highest BCUT2D eigenvalue weighted by atomic mass is 16.6. The van der Waals surface area contributed by atoms with Crippen LogP contribution in [0.3, 0.4) is 0 Å². The number of nitrogens with zero attached hydrogens (tertiary/aromatic N) is 2. The van der Waals surface area contributed by atoms with Crippen molar-refractivity contribution in [3.05, 3.63) is 36.5 Å². The van der Waals surface area contributed by atoms with Crippen LogP contribution in [0.15, 0.2) is 36.5 Å². The number of benzene rings is 1. The minimum Gasteiger partial charge on any atom is -0.472 e. The van der Waals surface area contributed by atoms with Crippen LogP contribution in [0.4, 0.5) is 4.79 Å². The Morgan fingerprint density at radius 1 is 1.09 bits per heavy atom. The van der Waals surface area contributed by atoms with E-state index in [9.17, 15) is 19.4 Å². The Bertz CT molecular complexity index is 1370. The molecule has 0 radical (unpaired) electrons. The molecule has 3 amide bonds. The van der Waals surface area contributed by atoms with Crippen LogP contribution in [0.1, 0.15) is 65.7 Å². The number of aromatic nitrogens is 1. The van der Waals surface area contributed by atoms with Gasteiger partial charge in [-0.25, -0.2) is 9.78 Å². The fourth-order valence-electron chi connectivity index (χ4n) is 6.86. The van der Waals surface area contributed by atoms with Crippen molar-refractivity contribution in [1.82, 2.24) is 20.5 Å². The van der Waals surface area contributed by atoms with Gasteiger partial charge in [-0.3, -0.25) is 9.59 Å². The first-order chi connectivity index (χ1) is 21.1. The van der Waals surface area contributed by atoms with E-state index in [1.54, 1.807) is 6.20 Å². The Morgan fingerprint density at radius 3 is 2.57 bits per heavy atom. The van der Waals surface area contributed by atoms with E-state index in [1.807, 2.05) is 51.1 Å². The summed E-state index contributed by atoms with van der Waals surface area (Å²) in [5.41, 5.74) is -0.671. The maximum absolute atomic E-state index is 14.3. The number of nitrogens with one attached hydrogen (secondary N) is 2. The quantitative estimate of drug-likeness (QED) is 0.390. The number of pyridine rings is 1. The fourth-order valence-corrected chi connectivity index (χ4v) is 6.86. The average Bonchev–Trinajstić information content (AvgIpc) is 3.35. The molecule has 3 heterocycles. The monoisotopic (exact) mass is 606 g/mol. The molecule has 2 saturated carbocycles. The molecule has 12 heteroatoms. The highest BCUT2D eigenvalue weighted by molar-refractivity contribution is 6.46. The number of ether oxygens (including phenoxy) is 2. The predicted molar refractivity (Wildman–Crippen MR) is 163 cm³/mol. The Hall–Kier alpha value is -3.38. The molecule has 6 rings (SSSR count). The lowest BCUT2D eigenvalue weighted by Gasteiger charge is -2.35. The largest absolute Gasteiger partial charge is 0.478 e. The molecule has 1 aromatic carbocycles. The van der Waals surface area contributed by atoms with Crippen LogP contribution in [-0.2, 0) is 19.0 Å². The van der Waals surface area contributed by atoms with E-state index in [0.717, 1.165) is 49.3 Å². The Kier molecular flexibility index (Phi) is 8.74. The zero-order valence-corrected chi connectivity index (χ0v) is 25.7. The van der Waals surface area contributed by atoms with E-state index in [0.29, 0.717) is 18.4 Å². The SMILES string of the molecule is CC(C)(C)[C@@H](NC(=O)OC1CCCC1)C(=O)N1C[C@H](Oc2nccc3ccccc23)C[C@H]1C(=O)N[C@@H]1B(O)OC[C@@H]1C1CC1. The molecule has 5 atom stereocenters. The average molecular weight is 607 g/mol. The van der Waals surface area contributed by atoms with Crippen molar-refractivity contribution in [2.75, 3.05) is 13.2 Å². The Balaban J connectivity index is 1.24. The number of likely N-dealkylation sites (tertiary alicyclic amines) is 1. The van der Waals surface area contributed by atoms with Gasteiger partial charge in [0, 0.05) is 30.5 Å². The molecule has 2 aliphatic carbocycles. The number of carbonyl (C=O) groups excluding carboxylic acids is 3. The van der Waals surface area contributed by atoms with Crippen LogP contribution in [0.5, 0.6) is 5.88 Å². The van der Waals surface area contributed by atoms with Crippen LogP contribution in [0.25, 0.3) is 10.8 Å². The van der Waals surface area contributed by atoms with E-state index >= 15 is 0 Å². The molecule has 1 aromatic heterocycles. The van der Waals surface area contributed by atoms with Gasteiger partial charge in [0.25, 0.3) is 0 Å².